The minimum atomic E-state index is 0.532. The van der Waals surface area contributed by atoms with Crippen LogP contribution in [0.5, 0.6) is 5.75 Å². The average Bonchev–Trinajstić information content (AvgIpc) is 2.05. The van der Waals surface area contributed by atoms with Crippen molar-refractivity contribution in [2.75, 3.05) is 7.11 Å². The number of benzene rings is 1. The van der Waals surface area contributed by atoms with E-state index in [1.807, 2.05) is 12.1 Å². The lowest BCUT2D eigenvalue weighted by Gasteiger charge is -1.98. The maximum absolute atomic E-state index is 5.37. The maximum Gasteiger partial charge on any atom is 0.119 e. The Bertz CT molecular complexity index is 170. The molecule has 0 atom stereocenters. The summed E-state index contributed by atoms with van der Waals surface area (Å²) in [4.78, 5) is 0. The van der Waals surface area contributed by atoms with Crippen molar-refractivity contribution in [3.63, 3.8) is 0 Å². The SMILES string of the molecule is COc1c[c]c(CN)cc1. The number of hydrogen-bond donors (Lipinski definition) is 1. The van der Waals surface area contributed by atoms with Crippen LogP contribution < -0.4 is 10.5 Å². The van der Waals surface area contributed by atoms with Gasteiger partial charge in [-0.25, -0.2) is 0 Å². The summed E-state index contributed by atoms with van der Waals surface area (Å²) in [5, 5.41) is 0. The van der Waals surface area contributed by atoms with Crippen LogP contribution in [0.3, 0.4) is 0 Å². The second-order valence-corrected chi connectivity index (χ2v) is 1.96. The van der Waals surface area contributed by atoms with Crippen molar-refractivity contribution in [3.8, 4) is 5.75 Å². The Balaban J connectivity index is 2.80. The second kappa shape index (κ2) is 3.22. The molecule has 1 radical (unpaired) electrons. The van der Waals surface area contributed by atoms with Crippen LogP contribution in [-0.4, -0.2) is 7.11 Å². The summed E-state index contributed by atoms with van der Waals surface area (Å²) in [7, 11) is 1.63. The Morgan fingerprint density at radius 3 is 2.80 bits per heavy atom. The van der Waals surface area contributed by atoms with E-state index in [1.54, 1.807) is 13.2 Å². The number of methoxy groups -OCH3 is 1. The summed E-state index contributed by atoms with van der Waals surface area (Å²) in [6, 6.07) is 8.54. The first kappa shape index (κ1) is 7.09. The summed E-state index contributed by atoms with van der Waals surface area (Å²) in [5.74, 6) is 0.817. The molecule has 0 aromatic heterocycles. The number of nitrogens with two attached hydrogens (primary N) is 1. The fourth-order valence-corrected chi connectivity index (χ4v) is 0.697. The van der Waals surface area contributed by atoms with Gasteiger partial charge in [-0.3, -0.25) is 0 Å². The molecule has 0 saturated carbocycles. The van der Waals surface area contributed by atoms with Gasteiger partial charge in [0.2, 0.25) is 0 Å². The summed E-state index contributed by atoms with van der Waals surface area (Å²) in [6.45, 7) is 0.532. The van der Waals surface area contributed by atoms with Gasteiger partial charge in [-0.05, 0) is 23.8 Å². The number of hydrogen-bond acceptors (Lipinski definition) is 2. The minimum Gasteiger partial charge on any atom is -0.497 e. The third kappa shape index (κ3) is 1.48. The molecule has 0 heterocycles. The molecule has 10 heavy (non-hydrogen) atoms. The van der Waals surface area contributed by atoms with E-state index in [4.69, 9.17) is 10.5 Å². The highest BCUT2D eigenvalue weighted by Crippen LogP contribution is 2.09. The monoisotopic (exact) mass is 136 g/mol. The van der Waals surface area contributed by atoms with E-state index in [2.05, 4.69) is 6.07 Å². The molecule has 0 unspecified atom stereocenters. The highest BCUT2D eigenvalue weighted by molar-refractivity contribution is 5.25. The Morgan fingerprint density at radius 1 is 1.60 bits per heavy atom. The maximum atomic E-state index is 5.37. The van der Waals surface area contributed by atoms with Crippen molar-refractivity contribution in [1.82, 2.24) is 0 Å². The van der Waals surface area contributed by atoms with Crippen LogP contribution in [-0.2, 0) is 6.54 Å². The molecule has 0 aliphatic carbocycles. The molecule has 2 nitrogen and oxygen atoms in total. The zero-order chi connectivity index (χ0) is 7.40. The summed E-state index contributed by atoms with van der Waals surface area (Å²) >= 11 is 0. The highest BCUT2D eigenvalue weighted by atomic mass is 16.5. The van der Waals surface area contributed by atoms with Crippen molar-refractivity contribution in [1.29, 1.82) is 0 Å². The lowest BCUT2D eigenvalue weighted by atomic mass is 10.2. The van der Waals surface area contributed by atoms with E-state index in [0.29, 0.717) is 6.54 Å². The molecule has 1 aromatic rings. The number of ether oxygens (including phenoxy) is 1. The molecule has 0 aliphatic heterocycles. The lowest BCUT2D eigenvalue weighted by molar-refractivity contribution is 0.414. The quantitative estimate of drug-likeness (QED) is 0.657. The normalized spacial score (nSPS) is 9.40. The van der Waals surface area contributed by atoms with Gasteiger partial charge in [-0.15, -0.1) is 0 Å². The summed E-state index contributed by atoms with van der Waals surface area (Å²) in [5.41, 5.74) is 6.37. The van der Waals surface area contributed by atoms with Gasteiger partial charge in [0.1, 0.15) is 5.75 Å². The van der Waals surface area contributed by atoms with Gasteiger partial charge in [0, 0.05) is 6.54 Å². The van der Waals surface area contributed by atoms with E-state index in [9.17, 15) is 0 Å². The fourth-order valence-electron chi connectivity index (χ4n) is 0.697. The lowest BCUT2D eigenvalue weighted by Crippen LogP contribution is -1.95. The predicted molar refractivity (Wildman–Crippen MR) is 39.7 cm³/mol. The molecule has 0 amide bonds. The molecular weight excluding hydrogens is 126 g/mol. The Kier molecular flexibility index (Phi) is 2.29. The van der Waals surface area contributed by atoms with Gasteiger partial charge in [0.15, 0.2) is 0 Å². The van der Waals surface area contributed by atoms with Crippen molar-refractivity contribution in [2.24, 2.45) is 5.73 Å². The first-order chi connectivity index (χ1) is 4.86. The van der Waals surface area contributed by atoms with E-state index in [1.165, 1.54) is 0 Å². The molecule has 2 heteroatoms. The smallest absolute Gasteiger partial charge is 0.119 e. The minimum absolute atomic E-state index is 0.532. The molecule has 1 aromatic carbocycles. The molecule has 1 rings (SSSR count). The van der Waals surface area contributed by atoms with Crippen LogP contribution in [0.15, 0.2) is 18.2 Å². The summed E-state index contributed by atoms with van der Waals surface area (Å²) < 4.78 is 4.94. The van der Waals surface area contributed by atoms with Gasteiger partial charge in [0.05, 0.1) is 7.11 Å². The first-order valence-corrected chi connectivity index (χ1v) is 3.11. The molecule has 0 spiro atoms. The van der Waals surface area contributed by atoms with Crippen LogP contribution in [0.4, 0.5) is 0 Å². The second-order valence-electron chi connectivity index (χ2n) is 1.96. The van der Waals surface area contributed by atoms with E-state index in [0.717, 1.165) is 11.3 Å². The topological polar surface area (TPSA) is 35.2 Å². The van der Waals surface area contributed by atoms with Crippen LogP contribution in [0.2, 0.25) is 0 Å². The molecule has 53 valence electrons. The van der Waals surface area contributed by atoms with Crippen molar-refractivity contribution in [3.05, 3.63) is 29.8 Å². The third-order valence-corrected chi connectivity index (χ3v) is 1.30. The zero-order valence-electron chi connectivity index (χ0n) is 5.92. The van der Waals surface area contributed by atoms with Crippen LogP contribution in [0, 0.1) is 6.07 Å². The standard InChI is InChI=1S/C8H10NO/c1-10-8-4-2-7(6-9)3-5-8/h2,4-5H,6,9H2,1H3. The Labute approximate surface area is 60.6 Å². The first-order valence-electron chi connectivity index (χ1n) is 3.11. The highest BCUT2D eigenvalue weighted by Gasteiger charge is 1.89. The molecule has 0 bridgehead atoms. The molecular formula is C8H10NO. The van der Waals surface area contributed by atoms with Gasteiger partial charge in [0.25, 0.3) is 0 Å². The fraction of sp³-hybridized carbons (Fsp3) is 0.250. The van der Waals surface area contributed by atoms with Crippen molar-refractivity contribution in [2.45, 2.75) is 6.54 Å². The number of rotatable bonds is 2. The predicted octanol–water partition coefficient (Wildman–Crippen LogP) is 0.954. The molecule has 0 fully saturated rings. The van der Waals surface area contributed by atoms with Crippen LogP contribution in [0.25, 0.3) is 0 Å². The Hall–Kier alpha value is -1.02. The molecule has 2 N–H and O–H groups in total. The van der Waals surface area contributed by atoms with Crippen LogP contribution >= 0.6 is 0 Å². The zero-order valence-corrected chi connectivity index (χ0v) is 5.92. The van der Waals surface area contributed by atoms with E-state index in [-0.39, 0.29) is 0 Å². The van der Waals surface area contributed by atoms with E-state index >= 15 is 0 Å². The average molecular weight is 136 g/mol. The van der Waals surface area contributed by atoms with Gasteiger partial charge in [-0.2, -0.15) is 0 Å². The Morgan fingerprint density at radius 2 is 2.40 bits per heavy atom. The van der Waals surface area contributed by atoms with Crippen molar-refractivity contribution < 1.29 is 4.74 Å². The van der Waals surface area contributed by atoms with Gasteiger partial charge < -0.3 is 10.5 Å². The third-order valence-electron chi connectivity index (χ3n) is 1.30. The van der Waals surface area contributed by atoms with Gasteiger partial charge in [-0.1, -0.05) is 6.07 Å². The largest absolute Gasteiger partial charge is 0.497 e. The van der Waals surface area contributed by atoms with E-state index < -0.39 is 0 Å². The summed E-state index contributed by atoms with van der Waals surface area (Å²) in [6.07, 6.45) is 0. The van der Waals surface area contributed by atoms with Crippen molar-refractivity contribution >= 4 is 0 Å². The van der Waals surface area contributed by atoms with Crippen LogP contribution in [0.1, 0.15) is 5.56 Å². The molecule has 0 aliphatic rings. The molecule has 0 saturated heterocycles. The van der Waals surface area contributed by atoms with Gasteiger partial charge >= 0.3 is 0 Å².